The van der Waals surface area contributed by atoms with Crippen molar-refractivity contribution in [1.29, 1.82) is 0 Å². The number of benzene rings is 1. The molecule has 0 unspecified atom stereocenters. The Morgan fingerprint density at radius 1 is 1.04 bits per heavy atom. The van der Waals surface area contributed by atoms with E-state index in [9.17, 15) is 14.4 Å². The molecule has 1 aliphatic rings. The van der Waals surface area contributed by atoms with Crippen LogP contribution in [0.2, 0.25) is 0 Å². The summed E-state index contributed by atoms with van der Waals surface area (Å²) in [5, 5.41) is 8.95. The Bertz CT molecular complexity index is 768. The Morgan fingerprint density at radius 2 is 1.80 bits per heavy atom. The summed E-state index contributed by atoms with van der Waals surface area (Å²) in [6, 6.07) is 8.48. The van der Waals surface area contributed by atoms with E-state index in [-0.39, 0.29) is 24.3 Å². The van der Waals surface area contributed by atoms with Crippen molar-refractivity contribution in [2.75, 3.05) is 25.0 Å². The van der Waals surface area contributed by atoms with Gasteiger partial charge in [-0.2, -0.15) is 11.3 Å². The van der Waals surface area contributed by atoms with Crippen molar-refractivity contribution in [1.82, 2.24) is 10.2 Å². The van der Waals surface area contributed by atoms with Crippen LogP contribution in [0.3, 0.4) is 0 Å². The lowest BCUT2D eigenvalue weighted by atomic mass is 10.1. The van der Waals surface area contributed by atoms with Gasteiger partial charge in [-0.15, -0.1) is 0 Å². The topological polar surface area (TPSA) is 78.5 Å². The molecule has 0 aliphatic carbocycles. The van der Waals surface area contributed by atoms with E-state index in [0.29, 0.717) is 16.8 Å². The average molecular weight is 357 g/mol. The molecular weight excluding hydrogens is 338 g/mol. The van der Waals surface area contributed by atoms with Gasteiger partial charge >= 0.3 is 0 Å². The number of rotatable bonds is 5. The van der Waals surface area contributed by atoms with Gasteiger partial charge in [0.2, 0.25) is 5.91 Å². The standard InChI is InChI=1S/C18H19N3O3S/c22-16(21-8-3-4-9-21)11-19-18(24)14-5-1-2-6-15(14)20-17(23)13-7-10-25-12-13/h1-2,5-7,10,12H,3-4,8-9,11H2,(H,19,24)(H,20,23). The molecule has 1 fully saturated rings. The van der Waals surface area contributed by atoms with Crippen molar-refractivity contribution in [2.45, 2.75) is 12.8 Å². The van der Waals surface area contributed by atoms with Crippen LogP contribution in [-0.4, -0.2) is 42.3 Å². The normalized spacial score (nSPS) is 13.5. The molecule has 0 spiro atoms. The molecule has 1 saturated heterocycles. The Labute approximate surface area is 149 Å². The SMILES string of the molecule is O=C(Nc1ccccc1C(=O)NCC(=O)N1CCCC1)c1ccsc1. The van der Waals surface area contributed by atoms with E-state index in [1.165, 1.54) is 11.3 Å². The number of hydrogen-bond acceptors (Lipinski definition) is 4. The van der Waals surface area contributed by atoms with Crippen molar-refractivity contribution >= 4 is 34.7 Å². The Hall–Kier alpha value is -2.67. The number of anilines is 1. The maximum Gasteiger partial charge on any atom is 0.256 e. The number of likely N-dealkylation sites (tertiary alicyclic amines) is 1. The van der Waals surface area contributed by atoms with E-state index in [0.717, 1.165) is 25.9 Å². The van der Waals surface area contributed by atoms with Gasteiger partial charge in [0.15, 0.2) is 0 Å². The number of thiophene rings is 1. The van der Waals surface area contributed by atoms with E-state index in [1.54, 1.807) is 40.6 Å². The van der Waals surface area contributed by atoms with Gasteiger partial charge in [-0.3, -0.25) is 14.4 Å². The lowest BCUT2D eigenvalue weighted by molar-refractivity contribution is -0.129. The smallest absolute Gasteiger partial charge is 0.256 e. The summed E-state index contributed by atoms with van der Waals surface area (Å²) < 4.78 is 0. The highest BCUT2D eigenvalue weighted by molar-refractivity contribution is 7.08. The number of nitrogens with zero attached hydrogens (tertiary/aromatic N) is 1. The summed E-state index contributed by atoms with van der Waals surface area (Å²) in [7, 11) is 0. The first-order chi connectivity index (χ1) is 12.1. The molecule has 1 aromatic heterocycles. The second-order valence-corrected chi connectivity index (χ2v) is 6.56. The van der Waals surface area contributed by atoms with Gasteiger partial charge in [-0.1, -0.05) is 12.1 Å². The number of amides is 3. The lowest BCUT2D eigenvalue weighted by Crippen LogP contribution is -2.38. The zero-order chi connectivity index (χ0) is 17.6. The molecule has 2 N–H and O–H groups in total. The lowest BCUT2D eigenvalue weighted by Gasteiger charge is -2.16. The summed E-state index contributed by atoms with van der Waals surface area (Å²) >= 11 is 1.43. The van der Waals surface area contributed by atoms with Crippen LogP contribution in [0.4, 0.5) is 5.69 Å². The summed E-state index contributed by atoms with van der Waals surface area (Å²) in [5.41, 5.74) is 1.30. The molecule has 2 heterocycles. The first-order valence-electron chi connectivity index (χ1n) is 8.13. The fourth-order valence-electron chi connectivity index (χ4n) is 2.71. The van der Waals surface area contributed by atoms with Gasteiger partial charge in [0.25, 0.3) is 11.8 Å². The molecule has 130 valence electrons. The van der Waals surface area contributed by atoms with E-state index in [4.69, 9.17) is 0 Å². The molecule has 3 amide bonds. The molecule has 2 aromatic rings. The largest absolute Gasteiger partial charge is 0.343 e. The minimum atomic E-state index is -0.381. The Morgan fingerprint density at radius 3 is 2.52 bits per heavy atom. The Kier molecular flexibility index (Phi) is 5.45. The monoisotopic (exact) mass is 357 g/mol. The minimum Gasteiger partial charge on any atom is -0.343 e. The van der Waals surface area contributed by atoms with Crippen LogP contribution in [-0.2, 0) is 4.79 Å². The van der Waals surface area contributed by atoms with Crippen molar-refractivity contribution in [3.05, 3.63) is 52.2 Å². The summed E-state index contributed by atoms with van der Waals surface area (Å²) in [6.45, 7) is 1.47. The van der Waals surface area contributed by atoms with Crippen LogP contribution < -0.4 is 10.6 Å². The van der Waals surface area contributed by atoms with E-state index in [2.05, 4.69) is 10.6 Å². The predicted octanol–water partition coefficient (Wildman–Crippen LogP) is 2.35. The van der Waals surface area contributed by atoms with E-state index in [1.807, 2.05) is 5.38 Å². The van der Waals surface area contributed by atoms with E-state index >= 15 is 0 Å². The maximum absolute atomic E-state index is 12.4. The number of nitrogens with one attached hydrogen (secondary N) is 2. The summed E-state index contributed by atoms with van der Waals surface area (Å²) in [4.78, 5) is 38.4. The highest BCUT2D eigenvalue weighted by Gasteiger charge is 2.19. The zero-order valence-electron chi connectivity index (χ0n) is 13.7. The van der Waals surface area contributed by atoms with Gasteiger partial charge in [-0.05, 0) is 36.4 Å². The molecular formula is C18H19N3O3S. The quantitative estimate of drug-likeness (QED) is 0.862. The number of carbonyl (C=O) groups is 3. The second kappa shape index (κ2) is 7.94. The molecule has 3 rings (SSSR count). The molecule has 0 radical (unpaired) electrons. The average Bonchev–Trinajstić information content (AvgIpc) is 3.33. The van der Waals surface area contributed by atoms with Crippen LogP contribution in [0, 0.1) is 0 Å². The fourth-order valence-corrected chi connectivity index (χ4v) is 3.34. The zero-order valence-corrected chi connectivity index (χ0v) is 14.5. The van der Waals surface area contributed by atoms with E-state index < -0.39 is 0 Å². The molecule has 1 aromatic carbocycles. The first-order valence-corrected chi connectivity index (χ1v) is 9.08. The van der Waals surface area contributed by atoms with Crippen molar-refractivity contribution in [2.24, 2.45) is 0 Å². The first kappa shape index (κ1) is 17.2. The van der Waals surface area contributed by atoms with Crippen LogP contribution in [0.25, 0.3) is 0 Å². The third kappa shape index (κ3) is 4.24. The maximum atomic E-state index is 12.4. The summed E-state index contributed by atoms with van der Waals surface area (Å²) in [6.07, 6.45) is 2.02. The highest BCUT2D eigenvalue weighted by Crippen LogP contribution is 2.17. The van der Waals surface area contributed by atoms with Gasteiger partial charge in [0.05, 0.1) is 23.4 Å². The predicted molar refractivity (Wildman–Crippen MR) is 96.9 cm³/mol. The molecule has 6 nitrogen and oxygen atoms in total. The van der Waals surface area contributed by atoms with Gasteiger partial charge in [0, 0.05) is 18.5 Å². The van der Waals surface area contributed by atoms with Crippen LogP contribution in [0.1, 0.15) is 33.6 Å². The van der Waals surface area contributed by atoms with Gasteiger partial charge in [-0.25, -0.2) is 0 Å². The minimum absolute atomic E-state index is 0.0361. The number of carbonyl (C=O) groups excluding carboxylic acids is 3. The fraction of sp³-hybridized carbons (Fsp3) is 0.278. The van der Waals surface area contributed by atoms with Crippen molar-refractivity contribution < 1.29 is 14.4 Å². The molecule has 25 heavy (non-hydrogen) atoms. The van der Waals surface area contributed by atoms with Crippen LogP contribution >= 0.6 is 11.3 Å². The third-order valence-corrected chi connectivity index (χ3v) is 4.75. The third-order valence-electron chi connectivity index (χ3n) is 4.06. The molecule has 0 saturated carbocycles. The highest BCUT2D eigenvalue weighted by atomic mass is 32.1. The number of para-hydroxylation sites is 1. The Balaban J connectivity index is 1.64. The number of hydrogen-bond donors (Lipinski definition) is 2. The van der Waals surface area contributed by atoms with Crippen molar-refractivity contribution in [3.63, 3.8) is 0 Å². The second-order valence-electron chi connectivity index (χ2n) is 5.78. The molecule has 7 heteroatoms. The van der Waals surface area contributed by atoms with Gasteiger partial charge < -0.3 is 15.5 Å². The van der Waals surface area contributed by atoms with Gasteiger partial charge in [0.1, 0.15) is 0 Å². The summed E-state index contributed by atoms with van der Waals surface area (Å²) in [5.74, 6) is -0.728. The molecule has 0 atom stereocenters. The van der Waals surface area contributed by atoms with Crippen LogP contribution in [0.15, 0.2) is 41.1 Å². The van der Waals surface area contributed by atoms with Crippen LogP contribution in [0.5, 0.6) is 0 Å². The molecule has 0 bridgehead atoms. The van der Waals surface area contributed by atoms with Crippen molar-refractivity contribution in [3.8, 4) is 0 Å². The molecule has 1 aliphatic heterocycles.